The lowest BCUT2D eigenvalue weighted by molar-refractivity contribution is 0.215. The number of halogens is 3. The van der Waals surface area contributed by atoms with Gasteiger partial charge in [-0.3, -0.25) is 4.90 Å². The van der Waals surface area contributed by atoms with Gasteiger partial charge in [0.15, 0.2) is 5.82 Å². The Morgan fingerprint density at radius 3 is 2.63 bits per heavy atom. The Hall–Kier alpha value is -3.00. The van der Waals surface area contributed by atoms with Gasteiger partial charge >= 0.3 is 6.03 Å². The molecular weight excluding hydrogens is 414 g/mol. The van der Waals surface area contributed by atoms with Gasteiger partial charge in [-0.05, 0) is 37.1 Å². The van der Waals surface area contributed by atoms with Crippen molar-refractivity contribution in [1.29, 1.82) is 0 Å². The average Bonchev–Trinajstić information content (AvgIpc) is 3.41. The van der Waals surface area contributed by atoms with Gasteiger partial charge in [0.05, 0.1) is 17.3 Å². The first-order valence-electron chi connectivity index (χ1n) is 9.53. The number of carbonyl (C=O) groups is 1. The molecule has 0 spiro atoms. The van der Waals surface area contributed by atoms with Crippen LogP contribution in [-0.4, -0.2) is 34.2 Å². The van der Waals surface area contributed by atoms with E-state index in [1.807, 2.05) is 0 Å². The summed E-state index contributed by atoms with van der Waals surface area (Å²) in [5.41, 5.74) is 0.653. The molecule has 2 aromatic carbocycles. The molecule has 1 aliphatic rings. The zero-order chi connectivity index (χ0) is 21.3. The molecule has 0 radical (unpaired) electrons. The van der Waals surface area contributed by atoms with Gasteiger partial charge < -0.3 is 9.32 Å². The van der Waals surface area contributed by atoms with Crippen LogP contribution in [0.5, 0.6) is 0 Å². The highest BCUT2D eigenvalue weighted by Gasteiger charge is 2.28. The highest BCUT2D eigenvalue weighted by atomic mass is 35.5. The summed E-state index contributed by atoms with van der Waals surface area (Å²) in [6.45, 7) is 2.65. The number of hydrogen-bond donors (Lipinski definition) is 0. The summed E-state index contributed by atoms with van der Waals surface area (Å²) in [6.07, 6.45) is 1.76. The summed E-state index contributed by atoms with van der Waals surface area (Å²) in [6, 6.07) is 8.44. The molecular formula is C21H19ClF2N4O2. The summed E-state index contributed by atoms with van der Waals surface area (Å²) >= 11 is 5.92. The first-order valence-corrected chi connectivity index (χ1v) is 9.91. The third-order valence-electron chi connectivity index (χ3n) is 4.98. The quantitative estimate of drug-likeness (QED) is 0.568. The second-order valence-corrected chi connectivity index (χ2v) is 7.48. The minimum Gasteiger partial charge on any atom is -0.421 e. The standard InChI is InChI=1S/C21H19ClF2N4O2/c1-13-25-26-20(30-13)14-7-8-15(17(23)11-14)12-28(21(29)27-9-2-3-10-27)18-6-4-5-16(22)19(18)24/h4-8,11H,2-3,9-10,12H2,1H3. The first-order chi connectivity index (χ1) is 14.4. The van der Waals surface area contributed by atoms with Crippen molar-refractivity contribution in [3.05, 3.63) is 64.5 Å². The molecule has 156 valence electrons. The molecule has 4 rings (SSSR count). The lowest BCUT2D eigenvalue weighted by Crippen LogP contribution is -2.42. The van der Waals surface area contributed by atoms with Crippen LogP contribution in [0.1, 0.15) is 24.3 Å². The number of benzene rings is 2. The zero-order valence-corrected chi connectivity index (χ0v) is 17.0. The predicted molar refractivity (Wildman–Crippen MR) is 108 cm³/mol. The Labute approximate surface area is 177 Å². The molecule has 6 nitrogen and oxygen atoms in total. The van der Waals surface area contributed by atoms with Crippen molar-refractivity contribution in [2.45, 2.75) is 26.3 Å². The summed E-state index contributed by atoms with van der Waals surface area (Å²) < 4.78 is 34.9. The van der Waals surface area contributed by atoms with Crippen molar-refractivity contribution in [2.24, 2.45) is 0 Å². The summed E-state index contributed by atoms with van der Waals surface area (Å²) in [5, 5.41) is 7.51. The van der Waals surface area contributed by atoms with E-state index >= 15 is 0 Å². The number of hydrogen-bond acceptors (Lipinski definition) is 4. The molecule has 2 heterocycles. The van der Waals surface area contributed by atoms with Gasteiger partial charge in [-0.1, -0.05) is 23.7 Å². The van der Waals surface area contributed by atoms with Crippen LogP contribution in [0, 0.1) is 18.6 Å². The van der Waals surface area contributed by atoms with Crippen LogP contribution in [-0.2, 0) is 6.54 Å². The number of rotatable bonds is 4. The Balaban J connectivity index is 1.67. The molecule has 30 heavy (non-hydrogen) atoms. The number of anilines is 1. The van der Waals surface area contributed by atoms with Gasteiger partial charge in [0.1, 0.15) is 5.82 Å². The van der Waals surface area contributed by atoms with E-state index in [0.29, 0.717) is 24.5 Å². The second-order valence-electron chi connectivity index (χ2n) is 7.07. The van der Waals surface area contributed by atoms with Crippen LogP contribution in [0.2, 0.25) is 5.02 Å². The van der Waals surface area contributed by atoms with Gasteiger partial charge in [-0.2, -0.15) is 0 Å². The van der Waals surface area contributed by atoms with Crippen molar-refractivity contribution in [1.82, 2.24) is 15.1 Å². The van der Waals surface area contributed by atoms with Crippen molar-refractivity contribution >= 4 is 23.3 Å². The van der Waals surface area contributed by atoms with Crippen LogP contribution < -0.4 is 4.90 Å². The van der Waals surface area contributed by atoms with Crippen LogP contribution in [0.15, 0.2) is 40.8 Å². The molecule has 0 unspecified atom stereocenters. The van der Waals surface area contributed by atoms with E-state index in [4.69, 9.17) is 16.0 Å². The van der Waals surface area contributed by atoms with Crippen molar-refractivity contribution in [2.75, 3.05) is 18.0 Å². The molecule has 0 N–H and O–H groups in total. The second kappa shape index (κ2) is 8.39. The van der Waals surface area contributed by atoms with Gasteiger partial charge in [0.2, 0.25) is 11.8 Å². The van der Waals surface area contributed by atoms with Crippen LogP contribution in [0.25, 0.3) is 11.5 Å². The molecule has 1 saturated heterocycles. The fourth-order valence-electron chi connectivity index (χ4n) is 3.43. The minimum atomic E-state index is -0.718. The molecule has 1 fully saturated rings. The maximum atomic E-state index is 14.9. The van der Waals surface area contributed by atoms with Crippen molar-refractivity contribution in [3.63, 3.8) is 0 Å². The molecule has 0 aliphatic carbocycles. The number of aromatic nitrogens is 2. The topological polar surface area (TPSA) is 62.5 Å². The zero-order valence-electron chi connectivity index (χ0n) is 16.2. The van der Waals surface area contributed by atoms with E-state index < -0.39 is 11.6 Å². The molecule has 3 aromatic rings. The molecule has 0 atom stereocenters. The maximum Gasteiger partial charge on any atom is 0.324 e. The Bertz CT molecular complexity index is 1080. The Morgan fingerprint density at radius 2 is 1.97 bits per heavy atom. The van der Waals surface area contributed by atoms with E-state index in [1.165, 1.54) is 29.2 Å². The van der Waals surface area contributed by atoms with Crippen LogP contribution in [0.3, 0.4) is 0 Å². The van der Waals surface area contributed by atoms with Crippen molar-refractivity contribution in [3.8, 4) is 11.5 Å². The molecule has 1 aliphatic heterocycles. The van der Waals surface area contributed by atoms with Crippen LogP contribution >= 0.6 is 11.6 Å². The lowest BCUT2D eigenvalue weighted by atomic mass is 10.1. The average molecular weight is 433 g/mol. The largest absolute Gasteiger partial charge is 0.421 e. The number of carbonyl (C=O) groups excluding carboxylic acids is 1. The number of likely N-dealkylation sites (tertiary alicyclic amines) is 1. The molecule has 0 bridgehead atoms. The highest BCUT2D eigenvalue weighted by molar-refractivity contribution is 6.31. The third-order valence-corrected chi connectivity index (χ3v) is 5.28. The molecule has 2 amide bonds. The SMILES string of the molecule is Cc1nnc(-c2ccc(CN(C(=O)N3CCCC3)c3cccc(Cl)c3F)c(F)c2)o1. The normalized spacial score (nSPS) is 13.7. The molecule has 0 saturated carbocycles. The molecule has 9 heteroatoms. The van der Waals surface area contributed by atoms with E-state index in [-0.39, 0.29) is 34.7 Å². The summed E-state index contributed by atoms with van der Waals surface area (Å²) in [7, 11) is 0. The number of nitrogens with zero attached hydrogens (tertiary/aromatic N) is 4. The number of amides is 2. The maximum absolute atomic E-state index is 14.9. The first kappa shape index (κ1) is 20.3. The van der Waals surface area contributed by atoms with Gasteiger partial charge in [-0.25, -0.2) is 13.6 Å². The molecule has 1 aromatic heterocycles. The predicted octanol–water partition coefficient (Wildman–Crippen LogP) is 5.20. The monoisotopic (exact) mass is 432 g/mol. The number of aryl methyl sites for hydroxylation is 1. The third kappa shape index (κ3) is 4.00. The van der Waals surface area contributed by atoms with E-state index in [0.717, 1.165) is 12.8 Å². The van der Waals surface area contributed by atoms with E-state index in [1.54, 1.807) is 24.0 Å². The lowest BCUT2D eigenvalue weighted by Gasteiger charge is -2.28. The van der Waals surface area contributed by atoms with E-state index in [2.05, 4.69) is 10.2 Å². The van der Waals surface area contributed by atoms with Gasteiger partial charge in [0.25, 0.3) is 0 Å². The van der Waals surface area contributed by atoms with Gasteiger partial charge in [-0.15, -0.1) is 10.2 Å². The summed E-state index contributed by atoms with van der Waals surface area (Å²) in [4.78, 5) is 16.0. The van der Waals surface area contributed by atoms with Gasteiger partial charge in [0, 0.05) is 31.1 Å². The van der Waals surface area contributed by atoms with E-state index in [9.17, 15) is 13.6 Å². The van der Waals surface area contributed by atoms with Crippen LogP contribution in [0.4, 0.5) is 19.3 Å². The minimum absolute atomic E-state index is 0.00963. The Morgan fingerprint density at radius 1 is 1.20 bits per heavy atom. The van der Waals surface area contributed by atoms with Crippen molar-refractivity contribution < 1.29 is 18.0 Å². The fourth-order valence-corrected chi connectivity index (χ4v) is 3.60. The summed E-state index contributed by atoms with van der Waals surface area (Å²) in [5.74, 6) is -0.716. The Kier molecular flexibility index (Phi) is 5.67. The number of urea groups is 1. The highest BCUT2D eigenvalue weighted by Crippen LogP contribution is 2.30. The fraction of sp³-hybridized carbons (Fsp3) is 0.286. The smallest absolute Gasteiger partial charge is 0.324 e.